The summed E-state index contributed by atoms with van der Waals surface area (Å²) in [5.41, 5.74) is 2.23. The zero-order chi connectivity index (χ0) is 19.2. The summed E-state index contributed by atoms with van der Waals surface area (Å²) >= 11 is 0. The van der Waals surface area contributed by atoms with Crippen LogP contribution in [0, 0.1) is 0 Å². The van der Waals surface area contributed by atoms with Crippen LogP contribution in [0.2, 0.25) is 0 Å². The summed E-state index contributed by atoms with van der Waals surface area (Å²) < 4.78 is 5.33. The quantitative estimate of drug-likeness (QED) is 0.819. The van der Waals surface area contributed by atoms with Crippen LogP contribution in [0.4, 0.5) is 5.69 Å². The summed E-state index contributed by atoms with van der Waals surface area (Å²) in [7, 11) is 0. The van der Waals surface area contributed by atoms with Gasteiger partial charge in [0.1, 0.15) is 0 Å². The van der Waals surface area contributed by atoms with Crippen molar-refractivity contribution in [3.05, 3.63) is 65.7 Å². The lowest BCUT2D eigenvalue weighted by Crippen LogP contribution is -2.51. The third kappa shape index (κ3) is 4.65. The molecular weight excluding hydrogens is 344 g/mol. The van der Waals surface area contributed by atoms with Crippen molar-refractivity contribution in [2.24, 2.45) is 0 Å². The van der Waals surface area contributed by atoms with Crippen molar-refractivity contribution < 1.29 is 19.4 Å². The second-order valence-electron chi connectivity index (χ2n) is 6.55. The Morgan fingerprint density at radius 3 is 2.22 bits per heavy atom. The number of carbonyl (C=O) groups is 2. The lowest BCUT2D eigenvalue weighted by Gasteiger charge is -2.37. The molecule has 2 aromatic carbocycles. The molecule has 0 bridgehead atoms. The zero-order valence-electron chi connectivity index (χ0n) is 15.4. The molecule has 3 rings (SSSR count). The third-order valence-corrected chi connectivity index (χ3v) is 4.72. The van der Waals surface area contributed by atoms with Gasteiger partial charge in [0.2, 0.25) is 0 Å². The van der Waals surface area contributed by atoms with Gasteiger partial charge in [0.25, 0.3) is 5.91 Å². The molecule has 142 valence electrons. The van der Waals surface area contributed by atoms with E-state index in [1.165, 1.54) is 0 Å². The fraction of sp³-hybridized carbons (Fsp3) is 0.333. The van der Waals surface area contributed by atoms with E-state index >= 15 is 0 Å². The minimum atomic E-state index is -0.835. The Balaban J connectivity index is 1.52. The predicted molar refractivity (Wildman–Crippen MR) is 102 cm³/mol. The highest BCUT2D eigenvalue weighted by molar-refractivity contribution is 5.92. The summed E-state index contributed by atoms with van der Waals surface area (Å²) in [6.07, 6.45) is -0.835. The fourth-order valence-electron chi connectivity index (χ4n) is 3.11. The number of nitrogens with zero attached hydrogens (tertiary/aromatic N) is 2. The molecule has 0 spiro atoms. The van der Waals surface area contributed by atoms with Gasteiger partial charge in [-0.25, -0.2) is 4.79 Å². The predicted octanol–water partition coefficient (Wildman–Crippen LogP) is 2.07. The Morgan fingerprint density at radius 2 is 1.63 bits per heavy atom. The van der Waals surface area contributed by atoms with E-state index in [4.69, 9.17) is 9.84 Å². The number of benzene rings is 2. The van der Waals surface area contributed by atoms with Crippen molar-refractivity contribution >= 4 is 17.6 Å². The first-order valence-electron chi connectivity index (χ1n) is 9.08. The first kappa shape index (κ1) is 18.9. The van der Waals surface area contributed by atoms with Gasteiger partial charge in [0.05, 0.1) is 12.2 Å². The highest BCUT2D eigenvalue weighted by Crippen LogP contribution is 2.16. The molecule has 27 heavy (non-hydrogen) atoms. The van der Waals surface area contributed by atoms with E-state index in [2.05, 4.69) is 17.0 Å². The maximum absolute atomic E-state index is 12.6. The van der Waals surface area contributed by atoms with Crippen molar-refractivity contribution in [3.63, 3.8) is 0 Å². The molecule has 0 radical (unpaired) electrons. The monoisotopic (exact) mass is 368 g/mol. The number of rotatable bonds is 5. The maximum Gasteiger partial charge on any atom is 0.338 e. The van der Waals surface area contributed by atoms with E-state index in [9.17, 15) is 9.59 Å². The minimum Gasteiger partial charge on any atom is -0.449 e. The molecule has 1 aliphatic heterocycles. The largest absolute Gasteiger partial charge is 0.449 e. The average molecular weight is 368 g/mol. The number of para-hydroxylation sites is 1. The van der Waals surface area contributed by atoms with Gasteiger partial charge in [-0.2, -0.15) is 0 Å². The highest BCUT2D eigenvalue weighted by Gasteiger charge is 2.27. The Labute approximate surface area is 159 Å². The van der Waals surface area contributed by atoms with E-state index in [0.717, 1.165) is 18.8 Å². The molecule has 1 amide bonds. The van der Waals surface area contributed by atoms with Gasteiger partial charge in [-0.05, 0) is 36.8 Å². The third-order valence-electron chi connectivity index (χ3n) is 4.72. The molecule has 1 aliphatic rings. The number of anilines is 1. The van der Waals surface area contributed by atoms with Crippen molar-refractivity contribution in [3.8, 4) is 0 Å². The molecule has 1 N–H and O–H groups in total. The lowest BCUT2D eigenvalue weighted by molar-refractivity contribution is -0.140. The number of piperazine rings is 1. The molecule has 6 nitrogen and oxygen atoms in total. The number of esters is 1. The van der Waals surface area contributed by atoms with Gasteiger partial charge in [0, 0.05) is 31.9 Å². The lowest BCUT2D eigenvalue weighted by atomic mass is 10.1. The molecule has 6 heteroatoms. The average Bonchev–Trinajstić information content (AvgIpc) is 2.74. The Bertz CT molecular complexity index is 769. The number of amides is 1. The second kappa shape index (κ2) is 8.68. The number of aliphatic hydroxyl groups excluding tert-OH is 1. The summed E-state index contributed by atoms with van der Waals surface area (Å²) in [6, 6.07) is 16.6. The number of ether oxygens (including phenoxy) is 1. The van der Waals surface area contributed by atoms with Crippen LogP contribution in [0.5, 0.6) is 0 Å². The van der Waals surface area contributed by atoms with Crippen LogP contribution in [0.3, 0.4) is 0 Å². The Kier molecular flexibility index (Phi) is 6.08. The molecule has 1 atom stereocenters. The van der Waals surface area contributed by atoms with E-state index in [1.807, 2.05) is 18.2 Å². The zero-order valence-corrected chi connectivity index (χ0v) is 15.4. The van der Waals surface area contributed by atoms with Crippen LogP contribution >= 0.6 is 0 Å². The molecule has 0 aliphatic carbocycles. The van der Waals surface area contributed by atoms with Crippen molar-refractivity contribution in [2.75, 3.05) is 31.1 Å². The molecule has 1 fully saturated rings. The molecule has 0 unspecified atom stereocenters. The van der Waals surface area contributed by atoms with Crippen LogP contribution in [-0.2, 0) is 16.1 Å². The van der Waals surface area contributed by atoms with Crippen molar-refractivity contribution in [1.29, 1.82) is 0 Å². The van der Waals surface area contributed by atoms with Crippen LogP contribution in [0.25, 0.3) is 0 Å². The number of hydrogen-bond donors (Lipinski definition) is 1. The SMILES string of the molecule is C[C@H](OC(=O)c1ccc(CO)cc1)C(=O)N1CCN(c2ccccc2)CC1. The summed E-state index contributed by atoms with van der Waals surface area (Å²) in [6.45, 7) is 4.21. The molecule has 1 saturated heterocycles. The summed E-state index contributed by atoms with van der Waals surface area (Å²) in [5, 5.41) is 9.05. The normalized spacial score (nSPS) is 15.3. The van der Waals surface area contributed by atoms with Crippen molar-refractivity contribution in [2.45, 2.75) is 19.6 Å². The smallest absolute Gasteiger partial charge is 0.338 e. The van der Waals surface area contributed by atoms with E-state index < -0.39 is 12.1 Å². The second-order valence-corrected chi connectivity index (χ2v) is 6.55. The van der Waals surface area contributed by atoms with Crippen molar-refractivity contribution in [1.82, 2.24) is 4.90 Å². The first-order valence-corrected chi connectivity index (χ1v) is 9.08. The van der Waals surface area contributed by atoms with Crippen LogP contribution in [0.15, 0.2) is 54.6 Å². The molecule has 0 aromatic heterocycles. The number of carbonyl (C=O) groups excluding carboxylic acids is 2. The number of hydrogen-bond acceptors (Lipinski definition) is 5. The highest BCUT2D eigenvalue weighted by atomic mass is 16.5. The van der Waals surface area contributed by atoms with E-state index in [0.29, 0.717) is 24.2 Å². The van der Waals surface area contributed by atoms with E-state index in [1.54, 1.807) is 36.1 Å². The molecule has 1 heterocycles. The Morgan fingerprint density at radius 1 is 1.00 bits per heavy atom. The first-order chi connectivity index (χ1) is 13.1. The summed E-state index contributed by atoms with van der Waals surface area (Å²) in [4.78, 5) is 28.8. The minimum absolute atomic E-state index is 0.0842. The maximum atomic E-state index is 12.6. The van der Waals surface area contributed by atoms with Gasteiger partial charge < -0.3 is 19.6 Å². The molecule has 0 saturated carbocycles. The topological polar surface area (TPSA) is 70.1 Å². The van der Waals surface area contributed by atoms with Crippen LogP contribution in [-0.4, -0.2) is 54.2 Å². The Hall–Kier alpha value is -2.86. The van der Waals surface area contributed by atoms with Gasteiger partial charge in [0.15, 0.2) is 6.10 Å². The standard InChI is InChI=1S/C21H24N2O4/c1-16(27-21(26)18-9-7-17(15-24)8-10-18)20(25)23-13-11-22(12-14-23)19-5-3-2-4-6-19/h2-10,16,24H,11-15H2,1H3/t16-/m0/s1. The fourth-order valence-corrected chi connectivity index (χ4v) is 3.11. The van der Waals surface area contributed by atoms with E-state index in [-0.39, 0.29) is 12.5 Å². The van der Waals surface area contributed by atoms with Crippen LogP contribution in [0.1, 0.15) is 22.8 Å². The van der Waals surface area contributed by atoms with Gasteiger partial charge in [-0.3, -0.25) is 4.79 Å². The van der Waals surface area contributed by atoms with Gasteiger partial charge in [-0.15, -0.1) is 0 Å². The van der Waals surface area contributed by atoms with Gasteiger partial charge >= 0.3 is 5.97 Å². The summed E-state index contributed by atoms with van der Waals surface area (Å²) in [5.74, 6) is -0.716. The molecule has 2 aromatic rings. The molecular formula is C21H24N2O4. The number of aliphatic hydroxyl groups is 1. The van der Waals surface area contributed by atoms with Crippen LogP contribution < -0.4 is 4.90 Å². The van der Waals surface area contributed by atoms with Gasteiger partial charge in [-0.1, -0.05) is 30.3 Å².